The van der Waals surface area contributed by atoms with Crippen LogP contribution in [0, 0.1) is 5.82 Å². The number of anilines is 2. The summed E-state index contributed by atoms with van der Waals surface area (Å²) in [6.45, 7) is 0.947. The van der Waals surface area contributed by atoms with E-state index in [0.717, 1.165) is 11.5 Å². The molecule has 0 saturated heterocycles. The summed E-state index contributed by atoms with van der Waals surface area (Å²) in [5, 5.41) is 5.69. The highest BCUT2D eigenvalue weighted by atomic mass is 19.1. The van der Waals surface area contributed by atoms with Gasteiger partial charge in [-0.2, -0.15) is 0 Å². The Labute approximate surface area is 161 Å². The van der Waals surface area contributed by atoms with Gasteiger partial charge in [0.1, 0.15) is 35.4 Å². The number of nitrogens with one attached hydrogen (secondary N) is 2. The lowest BCUT2D eigenvalue weighted by Crippen LogP contribution is -2.16. The van der Waals surface area contributed by atoms with Crippen molar-refractivity contribution >= 4 is 17.4 Å². The van der Waals surface area contributed by atoms with Crippen LogP contribution in [0.1, 0.15) is 10.5 Å². The van der Waals surface area contributed by atoms with E-state index < -0.39 is 5.91 Å². The van der Waals surface area contributed by atoms with Gasteiger partial charge in [0.05, 0.1) is 26.0 Å². The summed E-state index contributed by atoms with van der Waals surface area (Å²) in [5.74, 6) is 1.24. The molecule has 144 valence electrons. The lowest BCUT2D eigenvalue weighted by molar-refractivity contribution is 0.102. The van der Waals surface area contributed by atoms with Crippen LogP contribution < -0.4 is 20.1 Å². The SMILES string of the molecule is COc1ccc(OCCNc2cnc(C(=O)Nc3ccc(F)cc3)cn2)cc1. The minimum Gasteiger partial charge on any atom is -0.497 e. The Morgan fingerprint density at radius 3 is 2.36 bits per heavy atom. The molecule has 0 radical (unpaired) electrons. The molecule has 0 spiro atoms. The van der Waals surface area contributed by atoms with E-state index in [1.807, 2.05) is 24.3 Å². The zero-order valence-corrected chi connectivity index (χ0v) is 15.2. The lowest BCUT2D eigenvalue weighted by atomic mass is 10.3. The Hall–Kier alpha value is -3.68. The number of carbonyl (C=O) groups excluding carboxylic acids is 1. The van der Waals surface area contributed by atoms with Gasteiger partial charge in [0.2, 0.25) is 0 Å². The molecular weight excluding hydrogens is 363 g/mol. The summed E-state index contributed by atoms with van der Waals surface area (Å²) in [5.41, 5.74) is 0.635. The van der Waals surface area contributed by atoms with Gasteiger partial charge in [-0.1, -0.05) is 0 Å². The Balaban J connectivity index is 1.44. The Morgan fingerprint density at radius 2 is 1.71 bits per heavy atom. The average Bonchev–Trinajstić information content (AvgIpc) is 2.73. The van der Waals surface area contributed by atoms with E-state index in [1.165, 1.54) is 36.7 Å². The molecule has 0 aliphatic carbocycles. The van der Waals surface area contributed by atoms with Crippen molar-refractivity contribution in [3.8, 4) is 11.5 Å². The molecular formula is C20H19FN4O3. The van der Waals surface area contributed by atoms with Crippen LogP contribution in [0.5, 0.6) is 11.5 Å². The minimum absolute atomic E-state index is 0.157. The largest absolute Gasteiger partial charge is 0.497 e. The number of ether oxygens (including phenoxy) is 2. The van der Waals surface area contributed by atoms with E-state index in [4.69, 9.17) is 9.47 Å². The number of halogens is 1. The van der Waals surface area contributed by atoms with Gasteiger partial charge in [0.25, 0.3) is 5.91 Å². The molecule has 1 heterocycles. The quantitative estimate of drug-likeness (QED) is 0.581. The maximum absolute atomic E-state index is 12.9. The molecule has 1 aromatic heterocycles. The molecule has 0 saturated carbocycles. The van der Waals surface area contributed by atoms with Crippen molar-refractivity contribution < 1.29 is 18.7 Å². The van der Waals surface area contributed by atoms with Crippen LogP contribution in [0.25, 0.3) is 0 Å². The van der Waals surface area contributed by atoms with Gasteiger partial charge in [-0.25, -0.2) is 14.4 Å². The molecule has 0 unspecified atom stereocenters. The standard InChI is InChI=1S/C20H19FN4O3/c1-27-16-6-8-17(9-7-16)28-11-10-22-19-13-23-18(12-24-19)20(26)25-15-4-2-14(21)3-5-15/h2-9,12-13H,10-11H2,1H3,(H,22,24)(H,25,26). The number of benzene rings is 2. The zero-order valence-electron chi connectivity index (χ0n) is 15.2. The van der Waals surface area contributed by atoms with Crippen LogP contribution in [-0.2, 0) is 0 Å². The van der Waals surface area contributed by atoms with Gasteiger partial charge < -0.3 is 20.1 Å². The van der Waals surface area contributed by atoms with Crippen LogP contribution in [0.3, 0.4) is 0 Å². The molecule has 28 heavy (non-hydrogen) atoms. The van der Waals surface area contributed by atoms with Crippen molar-refractivity contribution in [1.29, 1.82) is 0 Å². The number of nitrogens with zero attached hydrogens (tertiary/aromatic N) is 2. The summed E-state index contributed by atoms with van der Waals surface area (Å²) in [7, 11) is 1.61. The van der Waals surface area contributed by atoms with Crippen LogP contribution >= 0.6 is 0 Å². The molecule has 0 bridgehead atoms. The maximum Gasteiger partial charge on any atom is 0.275 e. The van der Waals surface area contributed by atoms with Crippen molar-refractivity contribution in [2.45, 2.75) is 0 Å². The third-order valence-corrected chi connectivity index (χ3v) is 3.72. The second-order valence-corrected chi connectivity index (χ2v) is 5.70. The predicted molar refractivity (Wildman–Crippen MR) is 103 cm³/mol. The highest BCUT2D eigenvalue weighted by Crippen LogP contribution is 2.16. The third kappa shape index (κ3) is 5.41. The highest BCUT2D eigenvalue weighted by molar-refractivity contribution is 6.02. The highest BCUT2D eigenvalue weighted by Gasteiger charge is 2.08. The van der Waals surface area contributed by atoms with Gasteiger partial charge >= 0.3 is 0 Å². The second-order valence-electron chi connectivity index (χ2n) is 5.70. The maximum atomic E-state index is 12.9. The molecule has 2 aromatic carbocycles. The number of aromatic nitrogens is 2. The fourth-order valence-electron chi connectivity index (χ4n) is 2.28. The summed E-state index contributed by atoms with van der Waals surface area (Å²) < 4.78 is 23.6. The number of hydrogen-bond donors (Lipinski definition) is 2. The molecule has 1 amide bonds. The smallest absolute Gasteiger partial charge is 0.275 e. The fraction of sp³-hybridized carbons (Fsp3) is 0.150. The summed E-state index contributed by atoms with van der Waals surface area (Å²) in [6, 6.07) is 12.8. The van der Waals surface area contributed by atoms with Crippen molar-refractivity contribution in [3.05, 3.63) is 72.4 Å². The Morgan fingerprint density at radius 1 is 1.00 bits per heavy atom. The first-order valence-corrected chi connectivity index (χ1v) is 8.54. The topological polar surface area (TPSA) is 85.4 Å². The number of hydrogen-bond acceptors (Lipinski definition) is 6. The normalized spacial score (nSPS) is 10.2. The van der Waals surface area contributed by atoms with Crippen LogP contribution in [0.15, 0.2) is 60.9 Å². The molecule has 2 N–H and O–H groups in total. The number of carbonyl (C=O) groups is 1. The minimum atomic E-state index is -0.423. The van der Waals surface area contributed by atoms with E-state index in [2.05, 4.69) is 20.6 Å². The van der Waals surface area contributed by atoms with Gasteiger partial charge in [0, 0.05) is 5.69 Å². The number of amides is 1. The summed E-state index contributed by atoms with van der Waals surface area (Å²) >= 11 is 0. The molecule has 0 atom stereocenters. The number of methoxy groups -OCH3 is 1. The number of rotatable bonds is 8. The van der Waals surface area contributed by atoms with E-state index in [0.29, 0.717) is 24.7 Å². The van der Waals surface area contributed by atoms with E-state index >= 15 is 0 Å². The summed E-state index contributed by atoms with van der Waals surface area (Å²) in [6.07, 6.45) is 2.83. The summed E-state index contributed by atoms with van der Waals surface area (Å²) in [4.78, 5) is 20.4. The molecule has 0 fully saturated rings. The van der Waals surface area contributed by atoms with Crippen LogP contribution in [0.4, 0.5) is 15.9 Å². The molecule has 3 rings (SSSR count). The van der Waals surface area contributed by atoms with Crippen LogP contribution in [0.2, 0.25) is 0 Å². The third-order valence-electron chi connectivity index (χ3n) is 3.72. The lowest BCUT2D eigenvalue weighted by Gasteiger charge is -2.09. The van der Waals surface area contributed by atoms with Crippen molar-refractivity contribution in [2.75, 3.05) is 30.9 Å². The van der Waals surface area contributed by atoms with Crippen molar-refractivity contribution in [1.82, 2.24) is 9.97 Å². The predicted octanol–water partition coefficient (Wildman–Crippen LogP) is 3.37. The second kappa shape index (κ2) is 9.31. The van der Waals surface area contributed by atoms with Crippen molar-refractivity contribution in [3.63, 3.8) is 0 Å². The van der Waals surface area contributed by atoms with Gasteiger partial charge in [-0.3, -0.25) is 4.79 Å². The van der Waals surface area contributed by atoms with E-state index in [9.17, 15) is 9.18 Å². The zero-order chi connectivity index (χ0) is 19.8. The molecule has 0 aliphatic heterocycles. The van der Waals surface area contributed by atoms with Crippen molar-refractivity contribution in [2.24, 2.45) is 0 Å². The molecule has 7 nitrogen and oxygen atoms in total. The van der Waals surface area contributed by atoms with E-state index in [-0.39, 0.29) is 11.5 Å². The Bertz CT molecular complexity index is 900. The average molecular weight is 382 g/mol. The fourth-order valence-corrected chi connectivity index (χ4v) is 2.28. The monoisotopic (exact) mass is 382 g/mol. The first-order chi connectivity index (χ1) is 13.6. The molecule has 3 aromatic rings. The first-order valence-electron chi connectivity index (χ1n) is 8.54. The Kier molecular flexibility index (Phi) is 6.35. The van der Waals surface area contributed by atoms with Gasteiger partial charge in [0.15, 0.2) is 0 Å². The van der Waals surface area contributed by atoms with Gasteiger partial charge in [-0.15, -0.1) is 0 Å². The van der Waals surface area contributed by atoms with Gasteiger partial charge in [-0.05, 0) is 48.5 Å². The molecule has 0 aliphatic rings. The van der Waals surface area contributed by atoms with E-state index in [1.54, 1.807) is 7.11 Å². The first kappa shape index (κ1) is 19.1. The molecule has 8 heteroatoms. The van der Waals surface area contributed by atoms with Crippen LogP contribution in [-0.4, -0.2) is 36.1 Å².